The van der Waals surface area contributed by atoms with Crippen molar-refractivity contribution in [2.45, 2.75) is 48.5 Å². The number of Topliss-reactive ketones (excluding diaryl/α,β-unsaturated/α-hetero) is 3. The molecule has 9 aromatic carbocycles. The molecule has 602 valence electrons. The van der Waals surface area contributed by atoms with Crippen LogP contribution in [0, 0.1) is 45.8 Å². The number of nitro benzene ring substituents is 1. The number of nitrogens with one attached hydrogen (secondary N) is 4. The van der Waals surface area contributed by atoms with Gasteiger partial charge in [-0.3, -0.25) is 43.7 Å². The number of methoxy groups -OCH3 is 6. The number of halogens is 13. The summed E-state index contributed by atoms with van der Waals surface area (Å²) >= 11 is 20.6. The molecule has 0 aromatic heterocycles. The van der Waals surface area contributed by atoms with Crippen molar-refractivity contribution in [1.29, 1.82) is 0 Å². The topological polar surface area (TPSA) is 331 Å². The summed E-state index contributed by atoms with van der Waals surface area (Å²) in [5.41, 5.74) is 11.2. The number of hydrogen-bond acceptors (Lipinski definition) is 19. The Kier molecular flexibility index (Phi) is 50.3. The molecule has 0 radical (unpaired) electrons. The average molecular weight is 2950 g/mol. The Morgan fingerprint density at radius 1 is 0.402 bits per heavy atom. The summed E-state index contributed by atoms with van der Waals surface area (Å²) in [4.78, 5) is 91.5. The number of nitrogens with two attached hydrogens (primary N) is 1. The van der Waals surface area contributed by atoms with E-state index in [2.05, 4.69) is 176 Å². The van der Waals surface area contributed by atoms with Gasteiger partial charge < -0.3 is 87.0 Å². The van der Waals surface area contributed by atoms with Gasteiger partial charge in [-0.25, -0.2) is 0 Å². The van der Waals surface area contributed by atoms with Crippen molar-refractivity contribution in [2.24, 2.45) is 0 Å². The predicted octanol–water partition coefficient (Wildman–Crippen LogP) is 16.2. The quantitative estimate of drug-likeness (QED) is 0.0103. The number of phenolic OH excluding ortho intramolecular Hbond substituents is 1. The molecule has 0 bridgehead atoms. The number of carbonyl (C=O) groups is 7. The van der Waals surface area contributed by atoms with Gasteiger partial charge in [-0.05, 0) is 311 Å². The minimum Gasteiger partial charge on any atom is -1.00 e. The van der Waals surface area contributed by atoms with Crippen LogP contribution in [0.15, 0.2) is 146 Å². The molecule has 9 rings (SSSR count). The summed E-state index contributed by atoms with van der Waals surface area (Å²) in [5.74, 6) is 6.00. The maximum atomic E-state index is 11.6. The smallest absolute Gasteiger partial charge is 0.362 e. The number of aromatic hydroxyl groups is 1. The Balaban J connectivity index is 0.000000461. The van der Waals surface area contributed by atoms with E-state index in [4.69, 9.17) is 43.6 Å². The molecule has 7 N–H and O–H groups in total. The maximum Gasteiger partial charge on any atom is 0.362 e. The molecule has 0 aliphatic carbocycles. The fraction of sp³-hybridized carbons (Fsp3) is 0.187. The van der Waals surface area contributed by atoms with Crippen LogP contribution in [0.2, 0.25) is 0 Å². The third kappa shape index (κ3) is 37.2. The Bertz CT molecular complexity index is 4680. The number of ketones is 3. The molecule has 4 amide bonds. The molecule has 0 saturated carbocycles. The Hall–Kier alpha value is -3.49. The Morgan fingerprint density at radius 2 is 0.679 bits per heavy atom. The number of rotatable bonds is 20. The first-order chi connectivity index (χ1) is 52.2. The first-order valence-corrected chi connectivity index (χ1v) is 56.7. The van der Waals surface area contributed by atoms with E-state index >= 15 is 0 Å². The van der Waals surface area contributed by atoms with E-state index in [0.717, 1.165) is 47.8 Å². The number of amides is 4. The molecular formula is C75H73BrI12N6O18. The van der Waals surface area contributed by atoms with Gasteiger partial charge in [-0.15, -0.1) is 0 Å². The third-order valence-corrected chi connectivity index (χ3v) is 23.1. The van der Waals surface area contributed by atoms with Crippen molar-refractivity contribution in [2.75, 3.05) is 74.6 Å². The van der Waals surface area contributed by atoms with Gasteiger partial charge in [0.1, 0.15) is 40.2 Å². The van der Waals surface area contributed by atoms with Crippen LogP contribution in [0.4, 0.5) is 34.1 Å². The molecule has 37 heteroatoms. The minimum atomic E-state index is -0.655. The van der Waals surface area contributed by atoms with E-state index in [0.29, 0.717) is 90.5 Å². The molecule has 0 spiro atoms. The standard InChI is InChI=1S/C18H19IN2O4.C17H15I2NO4.C15H13I2NO3.C9H10INO2.C8H6I2O2.C7H6INO3.CH3I3.BrH/c1-11(22)20-17-9-13(24-3)5-7-15(17)19-16-8-6-14(25-4)10-18(16)21-12(2)23;1-9(21)11-6-13(18)17(14(19)7-11)24-16-5-4-12(23-3)8-15(16)20-10(2)22;1-8(19)9-5-11(16)15(12(17)6-9)21-14-4-3-10(20-2)7-13(14)18;1-6(12)11-9-5-7(13-2)3-4-8(9)10;1-4(11)5-2-6(9)8(12)7(10)3-5;1-12-5-2-3-6(8)7(4-5)9(10)11;1-4(2)3;/h5-10H,1-4H3,(H-,20,21,22,23);4-8H,1-3H3,(H,20,22);3-7H,18H2,1-2H3;3-5H,1-2H3,(H,11,12);2-3,12H,1H3;2-4H,1H3;1H3;1H. The number of nitrogens with zero attached hydrogens (tertiary/aromatic N) is 1. The number of ether oxygens (including phenoxy) is 8. The molecule has 0 aliphatic rings. The fourth-order valence-corrected chi connectivity index (χ4v) is 17.5. The molecule has 0 unspecified atom stereocenters. The summed E-state index contributed by atoms with van der Waals surface area (Å²) in [7, 11) is 9.38. The van der Waals surface area contributed by atoms with Gasteiger partial charge in [0.05, 0.1) is 107 Å². The second-order valence-electron chi connectivity index (χ2n) is 21.7. The van der Waals surface area contributed by atoms with E-state index in [1.165, 1.54) is 54.7 Å². The van der Waals surface area contributed by atoms with Gasteiger partial charge in [-0.2, -0.15) is 0 Å². The van der Waals surface area contributed by atoms with Crippen LogP contribution in [0.3, 0.4) is 0 Å². The normalized spacial score (nSPS) is 9.95. The van der Waals surface area contributed by atoms with Crippen LogP contribution in [-0.4, -0.2) is 98.6 Å². The molecule has 24 nitrogen and oxygen atoms in total. The van der Waals surface area contributed by atoms with Crippen molar-refractivity contribution < 1.29 is 120 Å². The number of nitro groups is 1. The monoisotopic (exact) mass is 2950 g/mol. The van der Waals surface area contributed by atoms with Crippen molar-refractivity contribution in [3.8, 4) is 63.2 Å². The number of hydrogen-bond donors (Lipinski definition) is 6. The summed E-state index contributed by atoms with van der Waals surface area (Å²) in [6.45, 7) is 10.4. The van der Waals surface area contributed by atoms with Gasteiger partial charge in [0.2, 0.25) is 30.8 Å². The maximum absolute atomic E-state index is 11.6. The van der Waals surface area contributed by atoms with Crippen molar-refractivity contribution in [1.82, 2.24) is 0 Å². The van der Waals surface area contributed by atoms with Crippen LogP contribution >= 0.6 is 230 Å². The zero-order valence-electron chi connectivity index (χ0n) is 61.7. The predicted molar refractivity (Wildman–Crippen MR) is 525 cm³/mol. The van der Waals surface area contributed by atoms with Gasteiger partial charge in [0, 0.05) is 78.3 Å². The first-order valence-electron chi connectivity index (χ1n) is 31.2. The molecule has 9 aromatic rings. The van der Waals surface area contributed by atoms with Gasteiger partial charge >= 0.3 is 75.2 Å². The average Bonchev–Trinajstić information content (AvgIpc) is 0.823. The number of alkyl halides is 1. The molecular weight excluding hydrogens is 2880 g/mol. The Morgan fingerprint density at radius 3 is 1.02 bits per heavy atom. The van der Waals surface area contributed by atoms with E-state index < -0.39 is 26.1 Å². The van der Waals surface area contributed by atoms with Crippen LogP contribution in [-0.2, 0) is 19.2 Å². The van der Waals surface area contributed by atoms with Crippen LogP contribution in [0.1, 0.15) is 79.5 Å². The van der Waals surface area contributed by atoms with Crippen LogP contribution in [0.25, 0.3) is 0 Å². The van der Waals surface area contributed by atoms with Crippen molar-refractivity contribution >= 4 is 305 Å². The first kappa shape index (κ1) is 105. The summed E-state index contributed by atoms with van der Waals surface area (Å²) in [6, 6.07) is 42.5. The van der Waals surface area contributed by atoms with E-state index in [1.54, 1.807) is 146 Å². The second kappa shape index (κ2) is 53.8. The van der Waals surface area contributed by atoms with Crippen LogP contribution < -0.4 is 103 Å². The zero-order valence-corrected chi connectivity index (χ0v) is 89.2. The largest absolute Gasteiger partial charge is 1.00 e. The number of nitrogen functional groups attached to an aromatic ring is 1. The zero-order chi connectivity index (χ0) is 83.7. The molecule has 0 atom stereocenters. The summed E-state index contributed by atoms with van der Waals surface area (Å²) in [5, 5.41) is 31.0. The van der Waals surface area contributed by atoms with Crippen molar-refractivity contribution in [3.63, 3.8) is 0 Å². The van der Waals surface area contributed by atoms with Gasteiger partial charge in [0.15, 0.2) is 40.3 Å². The van der Waals surface area contributed by atoms with Gasteiger partial charge in [-0.1, -0.05) is 0 Å². The third-order valence-electron chi connectivity index (χ3n) is 13.4. The minimum absolute atomic E-state index is 0. The molecule has 0 heterocycles. The van der Waals surface area contributed by atoms with Gasteiger partial charge in [0.25, 0.3) is 5.69 Å². The molecule has 0 aliphatic heterocycles. The summed E-state index contributed by atoms with van der Waals surface area (Å²) < 4.78 is 51.0. The van der Waals surface area contributed by atoms with E-state index in [9.17, 15) is 48.8 Å². The fourth-order valence-electron chi connectivity index (χ4n) is 8.25. The second-order valence-corrected chi connectivity index (χ2v) is 62.7. The number of benzene rings is 9. The van der Waals surface area contributed by atoms with E-state index in [-0.39, 0.29) is 81.3 Å². The molecule has 112 heavy (non-hydrogen) atoms. The van der Waals surface area contributed by atoms with Crippen molar-refractivity contribution in [3.05, 3.63) is 208 Å². The Labute approximate surface area is 806 Å². The SMILES string of the molecule is CC(=O)c1cc(I)c(O)c(I)c1.CI(I)I.COc1ccc(I)c(NC(C)=O)c1.COc1ccc(I)c([N+](=O)[O-])c1.COc1ccc(Oc2c(I)cc(C(C)=O)cc2I)c(N)c1.COc1ccc(Oc2c(I)cc(C(C)=O)cc2I)c(NC(C)=O)c1.COc1ccc([I+]c2ccc(OC)cc2NC(C)=O)c(NC(C)=O)c1.[Br-]. The molecule has 0 fully saturated rings. The van der Waals surface area contributed by atoms with Crippen LogP contribution in [0.5, 0.6) is 63.2 Å². The summed E-state index contributed by atoms with van der Waals surface area (Å²) in [6.07, 6.45) is 0. The van der Waals surface area contributed by atoms with E-state index in [1.807, 2.05) is 104 Å². The number of anilines is 5. The molecule has 0 saturated heterocycles. The number of carbonyl (C=O) groups excluding carboxylic acids is 7. The number of phenols is 1.